The summed E-state index contributed by atoms with van der Waals surface area (Å²) in [7, 11) is 0. The number of aliphatic hydroxyl groups is 1. The van der Waals surface area contributed by atoms with Gasteiger partial charge in [0.15, 0.2) is 0 Å². The van der Waals surface area contributed by atoms with Crippen LogP contribution in [0.25, 0.3) is 0 Å². The van der Waals surface area contributed by atoms with Crippen molar-refractivity contribution < 1.29 is 5.11 Å². The Bertz CT molecular complexity index is 274. The van der Waals surface area contributed by atoms with Gasteiger partial charge in [0.05, 0.1) is 6.10 Å². The zero-order valence-electron chi connectivity index (χ0n) is 12.0. The molecule has 0 aromatic carbocycles. The average Bonchev–Trinajstić information content (AvgIpc) is 2.81. The lowest BCUT2D eigenvalue weighted by molar-refractivity contribution is 0.0756. The first kappa shape index (κ1) is 14.1. The molecule has 0 bridgehead atoms. The minimum atomic E-state index is -0.288. The van der Waals surface area contributed by atoms with E-state index in [9.17, 15) is 0 Å². The summed E-state index contributed by atoms with van der Waals surface area (Å²) in [6.07, 6.45) is 13.1. The number of piperidine rings is 1. The minimum absolute atomic E-state index is 0.288. The van der Waals surface area contributed by atoms with E-state index in [0.717, 1.165) is 24.4 Å². The van der Waals surface area contributed by atoms with Crippen LogP contribution in [0.5, 0.6) is 0 Å². The number of allylic oxidation sites excluding steroid dienone is 1. The highest BCUT2D eigenvalue weighted by Crippen LogP contribution is 2.36. The van der Waals surface area contributed by atoms with E-state index in [2.05, 4.69) is 17.9 Å². The highest BCUT2D eigenvalue weighted by Gasteiger charge is 2.37. The monoisotopic (exact) mass is 251 g/mol. The fourth-order valence-corrected chi connectivity index (χ4v) is 3.77. The molecule has 18 heavy (non-hydrogen) atoms. The molecule has 2 nitrogen and oxygen atoms in total. The van der Waals surface area contributed by atoms with Crippen molar-refractivity contribution in [1.29, 1.82) is 0 Å². The molecule has 104 valence electrons. The van der Waals surface area contributed by atoms with Gasteiger partial charge in [-0.05, 0) is 64.3 Å². The van der Waals surface area contributed by atoms with Crippen LogP contribution in [-0.4, -0.2) is 34.7 Å². The second kappa shape index (κ2) is 6.72. The Morgan fingerprint density at radius 1 is 1.33 bits per heavy atom. The van der Waals surface area contributed by atoms with Gasteiger partial charge in [-0.25, -0.2) is 0 Å². The molecule has 2 fully saturated rings. The first-order valence-corrected chi connectivity index (χ1v) is 7.79. The molecule has 2 saturated heterocycles. The summed E-state index contributed by atoms with van der Waals surface area (Å²) in [5.41, 5.74) is 0. The Kier molecular flexibility index (Phi) is 5.25. The average molecular weight is 251 g/mol. The molecule has 2 heteroatoms. The third-order valence-electron chi connectivity index (χ3n) is 4.75. The van der Waals surface area contributed by atoms with E-state index in [1.54, 1.807) is 0 Å². The highest BCUT2D eigenvalue weighted by atomic mass is 16.3. The normalized spacial score (nSPS) is 34.9. The van der Waals surface area contributed by atoms with Gasteiger partial charge in [0.2, 0.25) is 0 Å². The van der Waals surface area contributed by atoms with Crippen LogP contribution in [0.1, 0.15) is 58.8 Å². The molecule has 0 spiro atoms. The van der Waals surface area contributed by atoms with Crippen molar-refractivity contribution in [2.45, 2.75) is 77.0 Å². The Labute approximate surface area is 112 Å². The van der Waals surface area contributed by atoms with Gasteiger partial charge in [0, 0.05) is 12.1 Å². The van der Waals surface area contributed by atoms with Crippen LogP contribution < -0.4 is 0 Å². The van der Waals surface area contributed by atoms with Crippen LogP contribution in [0, 0.1) is 5.92 Å². The van der Waals surface area contributed by atoms with Crippen LogP contribution >= 0.6 is 0 Å². The summed E-state index contributed by atoms with van der Waals surface area (Å²) in [4.78, 5) is 2.80. The predicted octanol–water partition coefficient (Wildman–Crippen LogP) is 3.36. The van der Waals surface area contributed by atoms with Crippen LogP contribution in [0.2, 0.25) is 0 Å². The molecule has 0 aromatic rings. The van der Waals surface area contributed by atoms with Crippen molar-refractivity contribution in [3.63, 3.8) is 0 Å². The quantitative estimate of drug-likeness (QED) is 0.598. The first-order chi connectivity index (χ1) is 8.68. The van der Waals surface area contributed by atoms with Crippen molar-refractivity contribution in [2.75, 3.05) is 6.54 Å². The third-order valence-corrected chi connectivity index (χ3v) is 4.75. The maximum Gasteiger partial charge on any atom is 0.0692 e. The number of rotatable bonds is 5. The Hall–Kier alpha value is -0.340. The lowest BCUT2D eigenvalue weighted by Gasteiger charge is -2.41. The zero-order chi connectivity index (χ0) is 13.0. The Morgan fingerprint density at radius 3 is 2.94 bits per heavy atom. The van der Waals surface area contributed by atoms with Gasteiger partial charge in [-0.15, -0.1) is 0 Å². The number of aliphatic hydroxyl groups excluding tert-OH is 1. The van der Waals surface area contributed by atoms with E-state index in [0.29, 0.717) is 0 Å². The van der Waals surface area contributed by atoms with Crippen molar-refractivity contribution >= 4 is 0 Å². The number of nitrogens with zero attached hydrogens (tertiary/aromatic N) is 1. The summed E-state index contributed by atoms with van der Waals surface area (Å²) >= 11 is 0. The van der Waals surface area contributed by atoms with Gasteiger partial charge >= 0.3 is 0 Å². The molecular formula is C16H29NO. The van der Waals surface area contributed by atoms with E-state index < -0.39 is 0 Å². The molecule has 2 aliphatic rings. The molecule has 2 aliphatic heterocycles. The van der Waals surface area contributed by atoms with E-state index >= 15 is 0 Å². The first-order valence-electron chi connectivity index (χ1n) is 7.79. The van der Waals surface area contributed by atoms with Gasteiger partial charge in [-0.2, -0.15) is 0 Å². The van der Waals surface area contributed by atoms with Crippen molar-refractivity contribution in [1.82, 2.24) is 4.90 Å². The van der Waals surface area contributed by atoms with Gasteiger partial charge in [0.1, 0.15) is 0 Å². The van der Waals surface area contributed by atoms with E-state index in [-0.39, 0.29) is 6.10 Å². The highest BCUT2D eigenvalue weighted by molar-refractivity contribution is 4.93. The van der Waals surface area contributed by atoms with Crippen LogP contribution in [0.15, 0.2) is 12.2 Å². The fraction of sp³-hybridized carbons (Fsp3) is 0.875. The summed E-state index contributed by atoms with van der Waals surface area (Å²) in [5, 5.41) is 9.16. The molecule has 0 aromatic heterocycles. The largest absolute Gasteiger partial charge is 0.389 e. The predicted molar refractivity (Wildman–Crippen MR) is 76.6 cm³/mol. The molecule has 2 rings (SSSR count). The summed E-state index contributed by atoms with van der Waals surface area (Å²) in [6, 6.07) is 1.73. The summed E-state index contributed by atoms with van der Waals surface area (Å²) in [6.45, 7) is 5.58. The van der Waals surface area contributed by atoms with E-state index in [1.807, 2.05) is 13.0 Å². The second-order valence-corrected chi connectivity index (χ2v) is 6.26. The van der Waals surface area contributed by atoms with Crippen LogP contribution in [0.3, 0.4) is 0 Å². The van der Waals surface area contributed by atoms with Crippen molar-refractivity contribution in [2.24, 2.45) is 5.92 Å². The lowest BCUT2D eigenvalue weighted by Crippen LogP contribution is -2.46. The van der Waals surface area contributed by atoms with Crippen LogP contribution in [-0.2, 0) is 0 Å². The standard InChI is InChI=1S/C16H29NO/c1-13-10-11-15(17-12-6-9-16(13)17)8-5-3-4-7-14(2)18/h4,7,13-16,18H,3,5-6,8-12H2,1-2H3/b7-4-. The molecule has 2 heterocycles. The number of hydrogen-bond donors (Lipinski definition) is 1. The molecular weight excluding hydrogens is 222 g/mol. The third kappa shape index (κ3) is 3.58. The van der Waals surface area contributed by atoms with Gasteiger partial charge < -0.3 is 5.11 Å². The van der Waals surface area contributed by atoms with E-state index in [1.165, 1.54) is 45.1 Å². The molecule has 4 unspecified atom stereocenters. The number of hydrogen-bond acceptors (Lipinski definition) is 2. The van der Waals surface area contributed by atoms with Crippen LogP contribution in [0.4, 0.5) is 0 Å². The van der Waals surface area contributed by atoms with Gasteiger partial charge in [0.25, 0.3) is 0 Å². The summed E-state index contributed by atoms with van der Waals surface area (Å²) < 4.78 is 0. The molecule has 0 radical (unpaired) electrons. The second-order valence-electron chi connectivity index (χ2n) is 6.26. The molecule has 4 atom stereocenters. The molecule has 0 aliphatic carbocycles. The fourth-order valence-electron chi connectivity index (χ4n) is 3.77. The smallest absolute Gasteiger partial charge is 0.0692 e. The summed E-state index contributed by atoms with van der Waals surface area (Å²) in [5.74, 6) is 0.916. The Balaban J connectivity index is 1.72. The maximum atomic E-state index is 9.16. The van der Waals surface area contributed by atoms with Crippen molar-refractivity contribution in [3.05, 3.63) is 12.2 Å². The topological polar surface area (TPSA) is 23.5 Å². The van der Waals surface area contributed by atoms with Crippen molar-refractivity contribution in [3.8, 4) is 0 Å². The van der Waals surface area contributed by atoms with E-state index in [4.69, 9.17) is 5.11 Å². The van der Waals surface area contributed by atoms with Gasteiger partial charge in [-0.1, -0.05) is 19.1 Å². The lowest BCUT2D eigenvalue weighted by atomic mass is 9.85. The van der Waals surface area contributed by atoms with Gasteiger partial charge in [-0.3, -0.25) is 4.90 Å². The zero-order valence-corrected chi connectivity index (χ0v) is 12.0. The SMILES string of the molecule is CC(O)/C=C\CCCC1CCC(C)C2CCCN12. The number of fused-ring (bicyclic) bond motifs is 1. The Morgan fingerprint density at radius 2 is 2.17 bits per heavy atom. The molecule has 0 amide bonds. The minimum Gasteiger partial charge on any atom is -0.389 e. The maximum absolute atomic E-state index is 9.16. The molecule has 1 N–H and O–H groups in total. The molecule has 0 saturated carbocycles. The number of unbranched alkanes of at least 4 members (excludes halogenated alkanes) is 1.